The molecular weight excluding hydrogens is 328 g/mol. The van der Waals surface area contributed by atoms with Crippen LogP contribution in [-0.2, 0) is 4.79 Å². The molecule has 0 unspecified atom stereocenters. The fourth-order valence-electron chi connectivity index (χ4n) is 2.70. The van der Waals surface area contributed by atoms with Crippen LogP contribution >= 0.6 is 23.4 Å². The van der Waals surface area contributed by atoms with Crippen molar-refractivity contribution in [1.29, 1.82) is 0 Å². The molecule has 3 nitrogen and oxygen atoms in total. The third-order valence-corrected chi connectivity index (χ3v) is 5.53. The molecule has 0 aromatic heterocycles. The summed E-state index contributed by atoms with van der Waals surface area (Å²) < 4.78 is 0. The van der Waals surface area contributed by atoms with E-state index in [0.29, 0.717) is 6.54 Å². The fraction of sp³-hybridized carbons (Fsp3) is 0.278. The van der Waals surface area contributed by atoms with E-state index in [2.05, 4.69) is 17.4 Å². The Morgan fingerprint density at radius 2 is 1.96 bits per heavy atom. The van der Waals surface area contributed by atoms with Crippen LogP contribution < -0.4 is 11.1 Å². The van der Waals surface area contributed by atoms with Gasteiger partial charge >= 0.3 is 0 Å². The Balaban J connectivity index is 1.87. The Labute approximate surface area is 145 Å². The van der Waals surface area contributed by atoms with Crippen molar-refractivity contribution in [3.05, 3.63) is 59.1 Å². The van der Waals surface area contributed by atoms with E-state index in [0.717, 1.165) is 33.9 Å². The first kappa shape index (κ1) is 16.4. The molecule has 1 heterocycles. The second-order valence-electron chi connectivity index (χ2n) is 5.61. The van der Waals surface area contributed by atoms with Crippen LogP contribution in [0.2, 0.25) is 5.02 Å². The lowest BCUT2D eigenvalue weighted by molar-refractivity contribution is -0.121. The molecule has 120 valence electrons. The van der Waals surface area contributed by atoms with E-state index in [-0.39, 0.29) is 17.2 Å². The summed E-state index contributed by atoms with van der Waals surface area (Å²) in [4.78, 5) is 12.5. The van der Waals surface area contributed by atoms with Crippen LogP contribution in [-0.4, -0.2) is 24.2 Å². The van der Waals surface area contributed by atoms with E-state index < -0.39 is 0 Å². The molecule has 1 aliphatic rings. The van der Waals surface area contributed by atoms with Gasteiger partial charge in [0.05, 0.1) is 0 Å². The molecule has 1 saturated heterocycles. The number of amides is 1. The number of nitrogens with one attached hydrogen (secondary N) is 1. The number of benzene rings is 2. The Kier molecular flexibility index (Phi) is 5.26. The van der Waals surface area contributed by atoms with Crippen molar-refractivity contribution in [3.63, 3.8) is 0 Å². The van der Waals surface area contributed by atoms with Gasteiger partial charge in [-0.25, -0.2) is 0 Å². The van der Waals surface area contributed by atoms with Crippen LogP contribution in [0, 0.1) is 0 Å². The number of carbonyl (C=O) groups excluding carboxylic acids is 1. The molecule has 0 aliphatic carbocycles. The maximum Gasteiger partial charge on any atom is 0.237 e. The maximum atomic E-state index is 12.5. The lowest BCUT2D eigenvalue weighted by Crippen LogP contribution is -2.40. The minimum Gasteiger partial charge on any atom is -0.351 e. The van der Waals surface area contributed by atoms with Crippen LogP contribution in [0.3, 0.4) is 0 Å². The van der Waals surface area contributed by atoms with Gasteiger partial charge in [-0.15, -0.1) is 11.8 Å². The van der Waals surface area contributed by atoms with Crippen molar-refractivity contribution < 1.29 is 4.79 Å². The summed E-state index contributed by atoms with van der Waals surface area (Å²) in [5.74, 6) is 0.979. The molecule has 2 aromatic carbocycles. The summed E-state index contributed by atoms with van der Waals surface area (Å²) in [5, 5.41) is 3.58. The molecule has 5 heteroatoms. The Bertz CT molecular complexity index is 690. The summed E-state index contributed by atoms with van der Waals surface area (Å²) in [6.07, 6.45) is 0.917. The van der Waals surface area contributed by atoms with E-state index in [4.69, 9.17) is 17.3 Å². The zero-order chi connectivity index (χ0) is 16.2. The monoisotopic (exact) mass is 346 g/mol. The van der Waals surface area contributed by atoms with Gasteiger partial charge in [0.15, 0.2) is 0 Å². The zero-order valence-electron chi connectivity index (χ0n) is 12.7. The second kappa shape index (κ2) is 7.39. The normalized spacial score (nSPS) is 21.6. The average molecular weight is 347 g/mol. The number of thioether (sulfide) groups is 1. The van der Waals surface area contributed by atoms with Gasteiger partial charge < -0.3 is 11.1 Å². The number of halogens is 1. The molecule has 23 heavy (non-hydrogen) atoms. The standard InChI is InChI=1S/C18H19ClN2OS/c19-15-6-4-12(5-7-15)13-2-1-3-14(10-13)17-18(22)21-16(11-20)8-9-23-17/h1-7,10,16-17H,8-9,11,20H2,(H,21,22)/t16-,17+/m1/s1. The van der Waals surface area contributed by atoms with E-state index in [1.807, 2.05) is 36.4 Å². The molecule has 3 N–H and O–H groups in total. The Morgan fingerprint density at radius 3 is 2.70 bits per heavy atom. The van der Waals surface area contributed by atoms with Crippen LogP contribution in [0.25, 0.3) is 11.1 Å². The minimum absolute atomic E-state index is 0.0520. The highest BCUT2D eigenvalue weighted by Gasteiger charge is 2.26. The molecule has 1 aliphatic heterocycles. The van der Waals surface area contributed by atoms with Crippen LogP contribution in [0.15, 0.2) is 48.5 Å². The summed E-state index contributed by atoms with van der Waals surface area (Å²) in [6.45, 7) is 0.490. The van der Waals surface area contributed by atoms with Crippen LogP contribution in [0.4, 0.5) is 0 Å². The molecule has 3 rings (SSSR count). The zero-order valence-corrected chi connectivity index (χ0v) is 14.2. The van der Waals surface area contributed by atoms with Crippen molar-refractivity contribution in [2.75, 3.05) is 12.3 Å². The number of hydrogen-bond acceptors (Lipinski definition) is 3. The first-order chi connectivity index (χ1) is 11.2. The summed E-state index contributed by atoms with van der Waals surface area (Å²) in [5.41, 5.74) is 8.90. The molecule has 0 spiro atoms. The Hall–Kier alpha value is -1.49. The Morgan fingerprint density at radius 1 is 1.17 bits per heavy atom. The fourth-order valence-corrected chi connectivity index (χ4v) is 4.04. The van der Waals surface area contributed by atoms with Crippen molar-refractivity contribution in [1.82, 2.24) is 5.32 Å². The number of hydrogen-bond donors (Lipinski definition) is 2. The van der Waals surface area contributed by atoms with E-state index in [1.54, 1.807) is 11.8 Å². The maximum absolute atomic E-state index is 12.5. The average Bonchev–Trinajstić information content (AvgIpc) is 2.77. The van der Waals surface area contributed by atoms with Crippen LogP contribution in [0.5, 0.6) is 0 Å². The third kappa shape index (κ3) is 3.89. The molecule has 1 fully saturated rings. The molecule has 0 bridgehead atoms. The van der Waals surface area contributed by atoms with Gasteiger partial charge in [0, 0.05) is 17.6 Å². The van der Waals surface area contributed by atoms with Crippen molar-refractivity contribution in [2.24, 2.45) is 5.73 Å². The molecule has 1 amide bonds. The van der Waals surface area contributed by atoms with E-state index >= 15 is 0 Å². The minimum atomic E-state index is -0.182. The van der Waals surface area contributed by atoms with Gasteiger partial charge in [0.2, 0.25) is 5.91 Å². The molecule has 2 atom stereocenters. The van der Waals surface area contributed by atoms with E-state index in [1.165, 1.54) is 0 Å². The molecule has 0 radical (unpaired) electrons. The quantitative estimate of drug-likeness (QED) is 0.892. The van der Waals surface area contributed by atoms with Gasteiger partial charge in [-0.2, -0.15) is 0 Å². The largest absolute Gasteiger partial charge is 0.351 e. The smallest absolute Gasteiger partial charge is 0.237 e. The number of nitrogens with two attached hydrogens (primary N) is 1. The van der Waals surface area contributed by atoms with Crippen molar-refractivity contribution in [2.45, 2.75) is 17.7 Å². The highest BCUT2D eigenvalue weighted by molar-refractivity contribution is 8.00. The highest BCUT2D eigenvalue weighted by atomic mass is 35.5. The predicted octanol–water partition coefficient (Wildman–Crippen LogP) is 3.63. The van der Waals surface area contributed by atoms with Gasteiger partial charge in [0.1, 0.15) is 5.25 Å². The van der Waals surface area contributed by atoms with E-state index in [9.17, 15) is 4.79 Å². The first-order valence-electron chi connectivity index (χ1n) is 7.65. The van der Waals surface area contributed by atoms with Gasteiger partial charge in [-0.05, 0) is 47.1 Å². The third-order valence-electron chi connectivity index (χ3n) is 3.99. The van der Waals surface area contributed by atoms with Gasteiger partial charge in [-0.1, -0.05) is 41.9 Å². The van der Waals surface area contributed by atoms with Crippen LogP contribution in [0.1, 0.15) is 17.2 Å². The molecule has 2 aromatic rings. The lowest BCUT2D eigenvalue weighted by Gasteiger charge is -2.16. The summed E-state index contributed by atoms with van der Waals surface area (Å²) in [6, 6.07) is 16.0. The predicted molar refractivity (Wildman–Crippen MR) is 97.7 cm³/mol. The lowest BCUT2D eigenvalue weighted by atomic mass is 10.0. The SMILES string of the molecule is NC[C@H]1CCS[C@@H](c2cccc(-c3ccc(Cl)cc3)c2)C(=O)N1. The molecular formula is C18H19ClN2OS. The molecule has 0 saturated carbocycles. The number of carbonyl (C=O) groups is 1. The first-order valence-corrected chi connectivity index (χ1v) is 9.08. The van der Waals surface area contributed by atoms with Crippen molar-refractivity contribution in [3.8, 4) is 11.1 Å². The highest BCUT2D eigenvalue weighted by Crippen LogP contribution is 2.34. The summed E-state index contributed by atoms with van der Waals surface area (Å²) >= 11 is 7.63. The number of rotatable bonds is 3. The van der Waals surface area contributed by atoms with Gasteiger partial charge in [-0.3, -0.25) is 4.79 Å². The van der Waals surface area contributed by atoms with Gasteiger partial charge in [0.25, 0.3) is 0 Å². The van der Waals surface area contributed by atoms with Crippen molar-refractivity contribution >= 4 is 29.3 Å². The summed E-state index contributed by atoms with van der Waals surface area (Å²) in [7, 11) is 0. The second-order valence-corrected chi connectivity index (χ2v) is 7.26. The topological polar surface area (TPSA) is 55.1 Å².